The highest BCUT2D eigenvalue weighted by Crippen LogP contribution is 2.28. The molecule has 25 heavy (non-hydrogen) atoms. The van der Waals surface area contributed by atoms with Gasteiger partial charge in [0.05, 0.1) is 0 Å². The molecule has 2 aromatic rings. The van der Waals surface area contributed by atoms with E-state index in [1.807, 2.05) is 12.1 Å². The van der Waals surface area contributed by atoms with Crippen LogP contribution in [0.3, 0.4) is 0 Å². The van der Waals surface area contributed by atoms with Gasteiger partial charge in [-0.1, -0.05) is 12.1 Å². The third kappa shape index (κ3) is 4.83. The van der Waals surface area contributed by atoms with Crippen molar-refractivity contribution in [2.24, 2.45) is 10.7 Å². The van der Waals surface area contributed by atoms with Gasteiger partial charge in [-0.3, -0.25) is 5.10 Å². The number of hydrogen-bond donors (Lipinski definition) is 3. The number of rotatable bonds is 3. The number of fused-ring (bicyclic) bond motifs is 1. The predicted octanol–water partition coefficient (Wildman–Crippen LogP) is 3.25. The summed E-state index contributed by atoms with van der Waals surface area (Å²) in [7, 11) is 0. The molecule has 1 aromatic heterocycles. The molecule has 10 heteroatoms. The highest BCUT2D eigenvalue weighted by atomic mass is 127. The summed E-state index contributed by atoms with van der Waals surface area (Å²) in [6.45, 7) is -0.114. The Morgan fingerprint density at radius 1 is 1.28 bits per heavy atom. The van der Waals surface area contributed by atoms with Crippen LogP contribution in [0.25, 0.3) is 0 Å². The average Bonchev–Trinajstić information content (AvgIpc) is 3.03. The minimum absolute atomic E-state index is 0. The van der Waals surface area contributed by atoms with Crippen molar-refractivity contribution in [2.75, 3.05) is 5.32 Å². The van der Waals surface area contributed by atoms with Crippen molar-refractivity contribution in [3.8, 4) is 0 Å². The Labute approximate surface area is 159 Å². The van der Waals surface area contributed by atoms with E-state index < -0.39 is 12.0 Å². The Hall–Kier alpha value is -1.85. The first-order chi connectivity index (χ1) is 11.4. The van der Waals surface area contributed by atoms with E-state index in [1.54, 1.807) is 0 Å². The van der Waals surface area contributed by atoms with Crippen LogP contribution in [-0.4, -0.2) is 21.1 Å². The van der Waals surface area contributed by atoms with Gasteiger partial charge >= 0.3 is 6.18 Å². The largest absolute Gasteiger partial charge is 0.453 e. The quantitative estimate of drug-likeness (QED) is 0.368. The Morgan fingerprint density at radius 3 is 2.76 bits per heavy atom. The van der Waals surface area contributed by atoms with Crippen LogP contribution in [0.2, 0.25) is 0 Å². The van der Waals surface area contributed by atoms with E-state index >= 15 is 0 Å². The maximum Gasteiger partial charge on any atom is 0.453 e. The zero-order valence-corrected chi connectivity index (χ0v) is 15.6. The number of nitrogens with zero attached hydrogens (tertiary/aromatic N) is 3. The van der Waals surface area contributed by atoms with Gasteiger partial charge < -0.3 is 11.1 Å². The molecule has 1 aromatic carbocycles. The summed E-state index contributed by atoms with van der Waals surface area (Å²) >= 11 is 0. The van der Waals surface area contributed by atoms with Crippen LogP contribution < -0.4 is 11.1 Å². The third-order valence-electron chi connectivity index (χ3n) is 3.84. The molecule has 6 nitrogen and oxygen atoms in total. The number of hydrogen-bond acceptors (Lipinski definition) is 3. The van der Waals surface area contributed by atoms with E-state index in [0.29, 0.717) is 0 Å². The number of aromatic nitrogens is 3. The zero-order valence-electron chi connectivity index (χ0n) is 13.2. The molecule has 0 atom stereocenters. The molecule has 4 N–H and O–H groups in total. The van der Waals surface area contributed by atoms with E-state index in [1.165, 1.54) is 17.5 Å². The van der Waals surface area contributed by atoms with Gasteiger partial charge in [-0.05, 0) is 42.9 Å². The van der Waals surface area contributed by atoms with Crippen molar-refractivity contribution in [3.63, 3.8) is 0 Å². The number of anilines is 1. The van der Waals surface area contributed by atoms with Crippen LogP contribution in [0.1, 0.15) is 35.6 Å². The molecule has 0 fully saturated rings. The standard InChI is InChI=1S/C15H17F3N6.HI/c16-15(17,18)13-22-12(23-24-13)8-20-14(19)21-11-7-3-5-9-4-1-2-6-10(9)11;/h3,5,7H,1-2,4,6,8H2,(H3,19,20,21)(H,22,23,24);1H. The number of alkyl halides is 3. The summed E-state index contributed by atoms with van der Waals surface area (Å²) in [6, 6.07) is 5.97. The van der Waals surface area contributed by atoms with Crippen molar-refractivity contribution in [3.05, 3.63) is 41.0 Å². The second-order valence-electron chi connectivity index (χ2n) is 5.58. The number of benzene rings is 1. The number of aryl methyl sites for hydroxylation is 1. The summed E-state index contributed by atoms with van der Waals surface area (Å²) in [6.07, 6.45) is -0.261. The van der Waals surface area contributed by atoms with Crippen LogP contribution in [0.5, 0.6) is 0 Å². The number of halogens is 4. The number of aromatic amines is 1. The van der Waals surface area contributed by atoms with Gasteiger partial charge in [0.15, 0.2) is 5.96 Å². The number of aliphatic imine (C=N–C) groups is 1. The fourth-order valence-electron chi connectivity index (χ4n) is 2.73. The summed E-state index contributed by atoms with van der Waals surface area (Å²) in [5.74, 6) is -1.09. The van der Waals surface area contributed by atoms with Gasteiger partial charge in [-0.25, -0.2) is 9.98 Å². The number of H-pyrrole nitrogens is 1. The predicted molar refractivity (Wildman–Crippen MR) is 98.8 cm³/mol. The molecule has 0 saturated heterocycles. The molecule has 1 aliphatic carbocycles. The summed E-state index contributed by atoms with van der Waals surface area (Å²) < 4.78 is 37.3. The number of nitrogens with two attached hydrogens (primary N) is 1. The third-order valence-corrected chi connectivity index (χ3v) is 3.84. The average molecular weight is 466 g/mol. The van der Waals surface area contributed by atoms with E-state index in [2.05, 4.69) is 31.6 Å². The molecular weight excluding hydrogens is 448 g/mol. The molecule has 3 rings (SSSR count). The number of guanidine groups is 1. The first-order valence-electron chi connectivity index (χ1n) is 7.59. The van der Waals surface area contributed by atoms with Gasteiger partial charge in [0.2, 0.25) is 0 Å². The highest BCUT2D eigenvalue weighted by Gasteiger charge is 2.35. The molecule has 0 radical (unpaired) electrons. The highest BCUT2D eigenvalue weighted by molar-refractivity contribution is 14.0. The zero-order chi connectivity index (χ0) is 17.2. The molecule has 0 amide bonds. The molecule has 0 bridgehead atoms. The van der Waals surface area contributed by atoms with Crippen LogP contribution in [0.15, 0.2) is 23.2 Å². The minimum Gasteiger partial charge on any atom is -0.370 e. The second kappa shape index (κ2) is 8.02. The molecule has 1 aliphatic rings. The Morgan fingerprint density at radius 2 is 2.04 bits per heavy atom. The second-order valence-corrected chi connectivity index (χ2v) is 5.58. The van der Waals surface area contributed by atoms with E-state index in [-0.39, 0.29) is 42.3 Å². The first kappa shape index (κ1) is 19.5. The monoisotopic (exact) mass is 466 g/mol. The Bertz CT molecular complexity index is 756. The van der Waals surface area contributed by atoms with E-state index in [9.17, 15) is 13.2 Å². The van der Waals surface area contributed by atoms with E-state index in [0.717, 1.165) is 24.9 Å². The molecule has 0 spiro atoms. The Balaban J connectivity index is 0.00000225. The van der Waals surface area contributed by atoms with Gasteiger partial charge in [0.25, 0.3) is 5.82 Å². The topological polar surface area (TPSA) is 92.0 Å². The molecule has 1 heterocycles. The molecule has 136 valence electrons. The first-order valence-corrected chi connectivity index (χ1v) is 7.59. The lowest BCUT2D eigenvalue weighted by atomic mass is 9.90. The SMILES string of the molecule is I.NC(=NCc1nc(C(F)(F)F)n[nH]1)Nc1cccc2c1CCCC2. The van der Waals surface area contributed by atoms with Crippen molar-refractivity contribution in [1.29, 1.82) is 0 Å². The van der Waals surface area contributed by atoms with Crippen molar-refractivity contribution in [2.45, 2.75) is 38.4 Å². The van der Waals surface area contributed by atoms with Crippen molar-refractivity contribution in [1.82, 2.24) is 15.2 Å². The van der Waals surface area contributed by atoms with Crippen molar-refractivity contribution < 1.29 is 13.2 Å². The minimum atomic E-state index is -4.58. The maximum atomic E-state index is 12.4. The van der Waals surface area contributed by atoms with Crippen molar-refractivity contribution >= 4 is 35.6 Å². The maximum absolute atomic E-state index is 12.4. The van der Waals surface area contributed by atoms with Crippen LogP contribution >= 0.6 is 24.0 Å². The Kier molecular flexibility index (Phi) is 6.25. The summed E-state index contributed by atoms with van der Waals surface area (Å²) in [5.41, 5.74) is 9.24. The molecule has 0 unspecified atom stereocenters. The smallest absolute Gasteiger partial charge is 0.370 e. The lowest BCUT2D eigenvalue weighted by Gasteiger charge is -2.19. The lowest BCUT2D eigenvalue weighted by Crippen LogP contribution is -2.24. The molecule has 0 saturated carbocycles. The lowest BCUT2D eigenvalue weighted by molar-refractivity contribution is -0.144. The van der Waals surface area contributed by atoms with Gasteiger partial charge in [0.1, 0.15) is 12.4 Å². The van der Waals surface area contributed by atoms with Crippen LogP contribution in [0.4, 0.5) is 18.9 Å². The summed E-state index contributed by atoms with van der Waals surface area (Å²) in [5, 5.41) is 8.35. The fourth-order valence-corrected chi connectivity index (χ4v) is 2.73. The fraction of sp³-hybridized carbons (Fsp3) is 0.400. The van der Waals surface area contributed by atoms with Gasteiger partial charge in [0, 0.05) is 5.69 Å². The number of nitrogens with one attached hydrogen (secondary N) is 2. The molecule has 0 aliphatic heterocycles. The van der Waals surface area contributed by atoms with Gasteiger partial charge in [-0.2, -0.15) is 13.2 Å². The van der Waals surface area contributed by atoms with E-state index in [4.69, 9.17) is 5.73 Å². The van der Waals surface area contributed by atoms with Crippen LogP contribution in [-0.2, 0) is 25.6 Å². The van der Waals surface area contributed by atoms with Crippen LogP contribution in [0, 0.1) is 0 Å². The normalized spacial score (nSPS) is 14.6. The molecular formula is C15H18F3IN6. The van der Waals surface area contributed by atoms with Gasteiger partial charge in [-0.15, -0.1) is 29.1 Å². The summed E-state index contributed by atoms with van der Waals surface area (Å²) in [4.78, 5) is 7.36.